The Balaban J connectivity index is 1.93. The Morgan fingerprint density at radius 3 is 3.00 bits per heavy atom. The third-order valence-corrected chi connectivity index (χ3v) is 3.69. The van der Waals surface area contributed by atoms with Crippen LogP contribution in [0.2, 0.25) is 0 Å². The fraction of sp³-hybridized carbons (Fsp3) is 0.562. The van der Waals surface area contributed by atoms with Crippen molar-refractivity contribution in [3.8, 4) is 0 Å². The van der Waals surface area contributed by atoms with Gasteiger partial charge in [-0.1, -0.05) is 0 Å². The van der Waals surface area contributed by atoms with E-state index in [1.54, 1.807) is 6.07 Å². The summed E-state index contributed by atoms with van der Waals surface area (Å²) in [6, 6.07) is 6.30. The SMILES string of the molecule is COC(=O)c1ccc(NC(C)CC2COCCN2)c(C)c1. The van der Waals surface area contributed by atoms with Gasteiger partial charge in [-0.2, -0.15) is 0 Å². The van der Waals surface area contributed by atoms with E-state index in [1.807, 2.05) is 19.1 Å². The summed E-state index contributed by atoms with van der Waals surface area (Å²) in [5.74, 6) is -0.304. The zero-order valence-corrected chi connectivity index (χ0v) is 12.9. The molecule has 1 aromatic carbocycles. The number of rotatable bonds is 5. The van der Waals surface area contributed by atoms with Crippen molar-refractivity contribution in [2.75, 3.05) is 32.2 Å². The van der Waals surface area contributed by atoms with Crippen LogP contribution in [0.4, 0.5) is 5.69 Å². The Labute approximate surface area is 126 Å². The van der Waals surface area contributed by atoms with Gasteiger partial charge in [0.15, 0.2) is 0 Å². The molecule has 0 spiro atoms. The predicted molar refractivity (Wildman–Crippen MR) is 82.8 cm³/mol. The molecule has 1 fully saturated rings. The monoisotopic (exact) mass is 292 g/mol. The maximum absolute atomic E-state index is 11.5. The standard InChI is InChI=1S/C16H24N2O3/c1-11-8-13(16(19)20-3)4-5-15(11)18-12(2)9-14-10-21-7-6-17-14/h4-5,8,12,14,17-18H,6-7,9-10H2,1-3H3. The van der Waals surface area contributed by atoms with Crippen LogP contribution in [0.15, 0.2) is 18.2 Å². The predicted octanol–water partition coefficient (Wildman–Crippen LogP) is 1.96. The van der Waals surface area contributed by atoms with Crippen molar-refractivity contribution >= 4 is 11.7 Å². The lowest BCUT2D eigenvalue weighted by atomic mass is 10.1. The Kier molecular flexibility index (Phi) is 5.59. The normalized spacial score (nSPS) is 19.9. The summed E-state index contributed by atoms with van der Waals surface area (Å²) in [5.41, 5.74) is 2.67. The molecule has 0 bridgehead atoms. The van der Waals surface area contributed by atoms with Crippen molar-refractivity contribution in [3.05, 3.63) is 29.3 Å². The molecular formula is C16H24N2O3. The lowest BCUT2D eigenvalue weighted by Crippen LogP contribution is -2.43. The van der Waals surface area contributed by atoms with Gasteiger partial charge in [0.05, 0.1) is 25.9 Å². The van der Waals surface area contributed by atoms with Crippen LogP contribution in [0.1, 0.15) is 29.3 Å². The van der Waals surface area contributed by atoms with Crippen LogP contribution < -0.4 is 10.6 Å². The van der Waals surface area contributed by atoms with Gasteiger partial charge >= 0.3 is 5.97 Å². The van der Waals surface area contributed by atoms with E-state index in [0.717, 1.165) is 37.4 Å². The zero-order valence-electron chi connectivity index (χ0n) is 12.9. The first-order chi connectivity index (χ1) is 10.1. The average molecular weight is 292 g/mol. The molecule has 0 aliphatic carbocycles. The minimum atomic E-state index is -0.304. The molecule has 1 aliphatic rings. The summed E-state index contributed by atoms with van der Waals surface area (Å²) in [6.45, 7) is 6.64. The number of carbonyl (C=O) groups excluding carboxylic acids is 1. The topological polar surface area (TPSA) is 59.6 Å². The molecular weight excluding hydrogens is 268 g/mol. The number of nitrogens with one attached hydrogen (secondary N) is 2. The number of anilines is 1. The van der Waals surface area contributed by atoms with E-state index in [0.29, 0.717) is 17.6 Å². The van der Waals surface area contributed by atoms with Gasteiger partial charge in [-0.15, -0.1) is 0 Å². The molecule has 5 nitrogen and oxygen atoms in total. The lowest BCUT2D eigenvalue weighted by molar-refractivity contribution is 0.0600. The van der Waals surface area contributed by atoms with Crippen LogP contribution >= 0.6 is 0 Å². The first kappa shape index (κ1) is 15.8. The number of morpholine rings is 1. The summed E-state index contributed by atoms with van der Waals surface area (Å²) >= 11 is 0. The van der Waals surface area contributed by atoms with Crippen LogP contribution in [-0.4, -0.2) is 44.9 Å². The average Bonchev–Trinajstić information content (AvgIpc) is 2.49. The van der Waals surface area contributed by atoms with Crippen molar-refractivity contribution in [1.82, 2.24) is 5.32 Å². The smallest absolute Gasteiger partial charge is 0.337 e. The Bertz CT molecular complexity index is 484. The van der Waals surface area contributed by atoms with E-state index in [1.165, 1.54) is 7.11 Å². The quantitative estimate of drug-likeness (QED) is 0.813. The molecule has 2 N–H and O–H groups in total. The Morgan fingerprint density at radius 1 is 1.57 bits per heavy atom. The number of aryl methyl sites for hydroxylation is 1. The van der Waals surface area contributed by atoms with Gasteiger partial charge in [-0.3, -0.25) is 0 Å². The maximum atomic E-state index is 11.5. The molecule has 0 amide bonds. The Hall–Kier alpha value is -1.59. The molecule has 2 unspecified atom stereocenters. The van der Waals surface area contributed by atoms with Gasteiger partial charge in [0.25, 0.3) is 0 Å². The first-order valence-electron chi connectivity index (χ1n) is 7.36. The van der Waals surface area contributed by atoms with Crippen molar-refractivity contribution in [1.29, 1.82) is 0 Å². The highest BCUT2D eigenvalue weighted by atomic mass is 16.5. The van der Waals surface area contributed by atoms with E-state index >= 15 is 0 Å². The summed E-state index contributed by atoms with van der Waals surface area (Å²) < 4.78 is 10.2. The summed E-state index contributed by atoms with van der Waals surface area (Å²) in [5, 5.41) is 6.95. The molecule has 0 saturated carbocycles. The van der Waals surface area contributed by atoms with Crippen molar-refractivity contribution in [3.63, 3.8) is 0 Å². The van der Waals surface area contributed by atoms with Crippen LogP contribution in [-0.2, 0) is 9.47 Å². The fourth-order valence-corrected chi connectivity index (χ4v) is 2.59. The van der Waals surface area contributed by atoms with Gasteiger partial charge < -0.3 is 20.1 Å². The van der Waals surface area contributed by atoms with E-state index in [4.69, 9.17) is 9.47 Å². The second kappa shape index (κ2) is 7.43. The molecule has 0 aromatic heterocycles. The van der Waals surface area contributed by atoms with Crippen LogP contribution in [0.3, 0.4) is 0 Å². The molecule has 116 valence electrons. The maximum Gasteiger partial charge on any atom is 0.337 e. The van der Waals surface area contributed by atoms with E-state index in [9.17, 15) is 4.79 Å². The summed E-state index contributed by atoms with van der Waals surface area (Å²) in [6.07, 6.45) is 0.998. The van der Waals surface area contributed by atoms with Crippen molar-refractivity contribution in [2.24, 2.45) is 0 Å². The van der Waals surface area contributed by atoms with Gasteiger partial charge in [-0.05, 0) is 44.0 Å². The van der Waals surface area contributed by atoms with Gasteiger partial charge in [0.2, 0.25) is 0 Å². The Morgan fingerprint density at radius 2 is 2.38 bits per heavy atom. The number of carbonyl (C=O) groups is 1. The number of methoxy groups -OCH3 is 1. The molecule has 1 heterocycles. The summed E-state index contributed by atoms with van der Waals surface area (Å²) in [7, 11) is 1.39. The first-order valence-corrected chi connectivity index (χ1v) is 7.36. The molecule has 1 aliphatic heterocycles. The highest BCUT2D eigenvalue weighted by molar-refractivity contribution is 5.90. The second-order valence-electron chi connectivity index (χ2n) is 5.53. The third kappa shape index (κ3) is 4.44. The molecule has 2 rings (SSSR count). The fourth-order valence-electron chi connectivity index (χ4n) is 2.59. The minimum absolute atomic E-state index is 0.304. The van der Waals surface area contributed by atoms with E-state index < -0.39 is 0 Å². The number of hydrogen-bond acceptors (Lipinski definition) is 5. The zero-order chi connectivity index (χ0) is 15.2. The van der Waals surface area contributed by atoms with Crippen LogP contribution in [0, 0.1) is 6.92 Å². The molecule has 0 radical (unpaired) electrons. The number of hydrogen-bond donors (Lipinski definition) is 2. The largest absolute Gasteiger partial charge is 0.465 e. The van der Waals surface area contributed by atoms with E-state index in [2.05, 4.69) is 17.6 Å². The summed E-state index contributed by atoms with van der Waals surface area (Å²) in [4.78, 5) is 11.5. The number of ether oxygens (including phenoxy) is 2. The van der Waals surface area contributed by atoms with Crippen LogP contribution in [0.5, 0.6) is 0 Å². The second-order valence-corrected chi connectivity index (χ2v) is 5.53. The van der Waals surface area contributed by atoms with Crippen molar-refractivity contribution in [2.45, 2.75) is 32.4 Å². The number of esters is 1. The lowest BCUT2D eigenvalue weighted by Gasteiger charge is -2.27. The molecule has 2 atom stereocenters. The van der Waals surface area contributed by atoms with Gasteiger partial charge in [0.1, 0.15) is 0 Å². The minimum Gasteiger partial charge on any atom is -0.465 e. The number of benzene rings is 1. The molecule has 1 aromatic rings. The third-order valence-electron chi connectivity index (χ3n) is 3.69. The highest BCUT2D eigenvalue weighted by Gasteiger charge is 2.17. The van der Waals surface area contributed by atoms with Crippen LogP contribution in [0.25, 0.3) is 0 Å². The highest BCUT2D eigenvalue weighted by Crippen LogP contribution is 2.19. The molecule has 1 saturated heterocycles. The molecule has 21 heavy (non-hydrogen) atoms. The van der Waals surface area contributed by atoms with Crippen molar-refractivity contribution < 1.29 is 14.3 Å². The van der Waals surface area contributed by atoms with Gasteiger partial charge in [0, 0.05) is 24.3 Å². The van der Waals surface area contributed by atoms with Gasteiger partial charge in [-0.25, -0.2) is 4.79 Å². The van der Waals surface area contributed by atoms with E-state index in [-0.39, 0.29) is 5.97 Å². The molecule has 5 heteroatoms.